The summed E-state index contributed by atoms with van der Waals surface area (Å²) >= 11 is 0. The molecule has 0 aliphatic carbocycles. The molecular formula is C24H30N2. The van der Waals surface area contributed by atoms with Gasteiger partial charge in [0.1, 0.15) is 0 Å². The van der Waals surface area contributed by atoms with Crippen molar-refractivity contribution in [1.82, 2.24) is 9.47 Å². The van der Waals surface area contributed by atoms with Gasteiger partial charge in [0.05, 0.1) is 0 Å². The van der Waals surface area contributed by atoms with Crippen LogP contribution >= 0.6 is 0 Å². The number of likely N-dealkylation sites (N-methyl/N-ethyl adjacent to an activating group) is 1. The zero-order chi connectivity index (χ0) is 18.3. The van der Waals surface area contributed by atoms with Gasteiger partial charge in [-0.05, 0) is 62.1 Å². The van der Waals surface area contributed by atoms with E-state index < -0.39 is 0 Å². The maximum atomic E-state index is 2.63. The first-order chi connectivity index (χ1) is 12.6. The minimum Gasteiger partial charge on any atom is -0.344 e. The Morgan fingerprint density at radius 2 is 1.85 bits per heavy atom. The molecule has 0 amide bonds. The number of nitrogens with zero attached hydrogens (tertiary/aromatic N) is 2. The second-order valence-corrected chi connectivity index (χ2v) is 7.90. The Bertz CT molecular complexity index is 921. The van der Waals surface area contributed by atoms with Gasteiger partial charge in [-0.25, -0.2) is 0 Å². The molecule has 0 bridgehead atoms. The molecule has 0 N–H and O–H groups in total. The third-order valence-corrected chi connectivity index (χ3v) is 6.07. The van der Waals surface area contributed by atoms with E-state index in [-0.39, 0.29) is 0 Å². The van der Waals surface area contributed by atoms with E-state index in [4.69, 9.17) is 0 Å². The van der Waals surface area contributed by atoms with E-state index in [0.717, 1.165) is 32.5 Å². The van der Waals surface area contributed by atoms with Crippen LogP contribution in [0.5, 0.6) is 0 Å². The third kappa shape index (κ3) is 2.97. The van der Waals surface area contributed by atoms with Crippen molar-refractivity contribution in [3.8, 4) is 0 Å². The Morgan fingerprint density at radius 1 is 1.08 bits per heavy atom. The Morgan fingerprint density at radius 3 is 2.58 bits per heavy atom. The molecule has 2 aromatic carbocycles. The van der Waals surface area contributed by atoms with E-state index in [1.165, 1.54) is 27.6 Å². The molecule has 2 nitrogen and oxygen atoms in total. The van der Waals surface area contributed by atoms with Gasteiger partial charge in [0, 0.05) is 42.1 Å². The fourth-order valence-electron chi connectivity index (χ4n) is 4.74. The van der Waals surface area contributed by atoms with Crippen LogP contribution in [0.3, 0.4) is 0 Å². The predicted molar refractivity (Wildman–Crippen MR) is 111 cm³/mol. The summed E-state index contributed by atoms with van der Waals surface area (Å²) in [6.45, 7) is 12.5. The molecule has 2 heterocycles. The van der Waals surface area contributed by atoms with Crippen LogP contribution in [-0.2, 0) is 25.9 Å². The lowest BCUT2D eigenvalue weighted by Gasteiger charge is -2.33. The van der Waals surface area contributed by atoms with Gasteiger partial charge in [0.25, 0.3) is 0 Å². The van der Waals surface area contributed by atoms with Crippen molar-refractivity contribution in [2.24, 2.45) is 0 Å². The molecule has 0 spiro atoms. The Hall–Kier alpha value is -2.06. The van der Waals surface area contributed by atoms with E-state index >= 15 is 0 Å². The molecule has 0 radical (unpaired) electrons. The monoisotopic (exact) mass is 346 g/mol. The summed E-state index contributed by atoms with van der Waals surface area (Å²) < 4.78 is 2.63. The summed E-state index contributed by atoms with van der Waals surface area (Å²) in [5, 5.41) is 1.50. The van der Waals surface area contributed by atoms with Crippen molar-refractivity contribution in [2.45, 2.75) is 59.7 Å². The van der Waals surface area contributed by atoms with E-state index in [1.54, 1.807) is 11.3 Å². The minimum atomic E-state index is 0.619. The predicted octanol–water partition coefficient (Wildman–Crippen LogP) is 5.27. The van der Waals surface area contributed by atoms with Crippen LogP contribution in [0.15, 0.2) is 42.5 Å². The highest BCUT2D eigenvalue weighted by Crippen LogP contribution is 2.35. The van der Waals surface area contributed by atoms with Crippen molar-refractivity contribution >= 4 is 10.9 Å². The normalized spacial score (nSPS) is 17.6. The lowest BCUT2D eigenvalue weighted by molar-refractivity contribution is 0.192. The number of aryl methyl sites for hydroxylation is 4. The van der Waals surface area contributed by atoms with E-state index in [1.807, 2.05) is 0 Å². The minimum absolute atomic E-state index is 0.619. The van der Waals surface area contributed by atoms with Crippen molar-refractivity contribution < 1.29 is 0 Å². The van der Waals surface area contributed by atoms with E-state index in [0.29, 0.717) is 6.04 Å². The number of aromatic nitrogens is 1. The van der Waals surface area contributed by atoms with Crippen LogP contribution in [-0.4, -0.2) is 22.1 Å². The molecule has 1 aliphatic rings. The Labute approximate surface area is 157 Å². The van der Waals surface area contributed by atoms with Gasteiger partial charge in [-0.1, -0.05) is 43.3 Å². The first-order valence-electron chi connectivity index (χ1n) is 9.97. The van der Waals surface area contributed by atoms with Crippen LogP contribution in [0.2, 0.25) is 0 Å². The molecule has 2 heteroatoms. The highest BCUT2D eigenvalue weighted by atomic mass is 15.2. The lowest BCUT2D eigenvalue weighted by atomic mass is 9.97. The molecular weight excluding hydrogens is 316 g/mol. The Balaban J connectivity index is 1.82. The average molecular weight is 347 g/mol. The van der Waals surface area contributed by atoms with Gasteiger partial charge in [-0.3, -0.25) is 4.90 Å². The van der Waals surface area contributed by atoms with Crippen molar-refractivity contribution in [2.75, 3.05) is 6.54 Å². The second kappa shape index (κ2) is 6.92. The molecule has 1 unspecified atom stereocenters. The first-order valence-corrected chi connectivity index (χ1v) is 9.97. The number of benzene rings is 2. The molecule has 1 atom stereocenters. The third-order valence-electron chi connectivity index (χ3n) is 6.07. The zero-order valence-electron chi connectivity index (χ0n) is 16.5. The standard InChI is InChI=1S/C24H30N2/c1-5-25-16-21-22(15-19(25)4)26(12-11-20-9-7-6-8-10-20)23-14-17(2)13-18(3)24(21)23/h6-10,13-14,19H,5,11-12,15-16H2,1-4H3. The maximum Gasteiger partial charge on any atom is 0.0491 e. The topological polar surface area (TPSA) is 8.17 Å². The molecule has 4 rings (SSSR count). The smallest absolute Gasteiger partial charge is 0.0491 e. The molecule has 1 aromatic heterocycles. The largest absolute Gasteiger partial charge is 0.344 e. The molecule has 136 valence electrons. The van der Waals surface area contributed by atoms with Gasteiger partial charge < -0.3 is 4.57 Å². The zero-order valence-corrected chi connectivity index (χ0v) is 16.5. The van der Waals surface area contributed by atoms with Gasteiger partial charge in [0.2, 0.25) is 0 Å². The molecule has 0 saturated heterocycles. The average Bonchev–Trinajstić information content (AvgIpc) is 2.92. The van der Waals surface area contributed by atoms with E-state index in [9.17, 15) is 0 Å². The highest BCUT2D eigenvalue weighted by Gasteiger charge is 2.28. The van der Waals surface area contributed by atoms with Gasteiger partial charge >= 0.3 is 0 Å². The number of fused-ring (bicyclic) bond motifs is 3. The van der Waals surface area contributed by atoms with Crippen LogP contribution in [0.25, 0.3) is 10.9 Å². The summed E-state index contributed by atoms with van der Waals surface area (Å²) in [5.41, 5.74) is 8.80. The SMILES string of the molecule is CCN1Cc2c(n(CCc3ccccc3)c3cc(C)cc(C)c23)CC1C. The lowest BCUT2D eigenvalue weighted by Crippen LogP contribution is -2.38. The molecule has 1 aliphatic heterocycles. The maximum absolute atomic E-state index is 2.63. The summed E-state index contributed by atoms with van der Waals surface area (Å²) in [6.07, 6.45) is 2.25. The van der Waals surface area contributed by atoms with Crippen LogP contribution < -0.4 is 0 Å². The fraction of sp³-hybridized carbons (Fsp3) is 0.417. The van der Waals surface area contributed by atoms with Gasteiger partial charge in [0.15, 0.2) is 0 Å². The van der Waals surface area contributed by atoms with Crippen molar-refractivity contribution in [3.63, 3.8) is 0 Å². The Kier molecular flexibility index (Phi) is 4.62. The van der Waals surface area contributed by atoms with Crippen LogP contribution in [0.1, 0.15) is 41.8 Å². The summed E-state index contributed by atoms with van der Waals surface area (Å²) in [7, 11) is 0. The quantitative estimate of drug-likeness (QED) is 0.625. The first kappa shape index (κ1) is 17.4. The van der Waals surface area contributed by atoms with Crippen LogP contribution in [0.4, 0.5) is 0 Å². The number of hydrogen-bond acceptors (Lipinski definition) is 1. The van der Waals surface area contributed by atoms with E-state index in [2.05, 4.69) is 79.6 Å². The summed E-state index contributed by atoms with van der Waals surface area (Å²) in [5.74, 6) is 0. The second-order valence-electron chi connectivity index (χ2n) is 7.90. The van der Waals surface area contributed by atoms with Crippen LogP contribution in [0, 0.1) is 13.8 Å². The van der Waals surface area contributed by atoms with Crippen molar-refractivity contribution in [1.29, 1.82) is 0 Å². The number of rotatable bonds is 4. The van der Waals surface area contributed by atoms with Gasteiger partial charge in [-0.2, -0.15) is 0 Å². The molecule has 3 aromatic rings. The molecule has 26 heavy (non-hydrogen) atoms. The fourth-order valence-corrected chi connectivity index (χ4v) is 4.74. The highest BCUT2D eigenvalue weighted by molar-refractivity contribution is 5.89. The van der Waals surface area contributed by atoms with Crippen molar-refractivity contribution in [3.05, 3.63) is 70.4 Å². The molecule has 0 saturated carbocycles. The molecule has 0 fully saturated rings. The summed E-state index contributed by atoms with van der Waals surface area (Å²) in [6, 6.07) is 16.2. The summed E-state index contributed by atoms with van der Waals surface area (Å²) in [4.78, 5) is 2.61. The number of hydrogen-bond donors (Lipinski definition) is 0. The van der Waals surface area contributed by atoms with Gasteiger partial charge in [-0.15, -0.1) is 0 Å².